The second-order valence-corrected chi connectivity index (χ2v) is 7.56. The lowest BCUT2D eigenvalue weighted by Gasteiger charge is -2.32. The molecule has 8 heteroatoms. The fraction of sp³-hybridized carbons (Fsp3) is 0.455. The Hall–Kier alpha value is -3.00. The number of likely N-dealkylation sites (tertiary alicyclic amines) is 1. The number of aryl methyl sites for hydroxylation is 2. The van der Waals surface area contributed by atoms with Crippen molar-refractivity contribution < 1.29 is 18.6 Å². The second kappa shape index (κ2) is 9.21. The number of nitrogens with zero attached hydrogens (tertiary/aromatic N) is 4. The molecule has 0 spiro atoms. The lowest BCUT2D eigenvalue weighted by atomic mass is 10.1. The van der Waals surface area contributed by atoms with Crippen molar-refractivity contribution >= 4 is 5.91 Å². The Bertz CT molecular complexity index is 955. The number of ether oxygens (including phenoxy) is 1. The fourth-order valence-corrected chi connectivity index (χ4v) is 3.66. The maximum Gasteiger partial charge on any atom is 0.257 e. The number of hydrogen-bond donors (Lipinski definition) is 0. The summed E-state index contributed by atoms with van der Waals surface area (Å²) in [5, 5.41) is 7.95. The van der Waals surface area contributed by atoms with E-state index in [1.807, 2.05) is 49.1 Å². The van der Waals surface area contributed by atoms with Gasteiger partial charge in [-0.05, 0) is 38.8 Å². The molecule has 30 heavy (non-hydrogen) atoms. The first-order valence-corrected chi connectivity index (χ1v) is 10.3. The van der Waals surface area contributed by atoms with Crippen molar-refractivity contribution in [3.8, 4) is 11.5 Å². The number of aromatic nitrogens is 3. The Morgan fingerprint density at radius 3 is 2.60 bits per heavy atom. The monoisotopic (exact) mass is 410 g/mol. The molecule has 1 saturated heterocycles. The first-order valence-electron chi connectivity index (χ1n) is 10.3. The van der Waals surface area contributed by atoms with Crippen LogP contribution in [0, 0.1) is 13.8 Å². The zero-order valence-corrected chi connectivity index (χ0v) is 17.3. The number of amides is 1. The summed E-state index contributed by atoms with van der Waals surface area (Å²) in [5.74, 6) is 2.00. The molecule has 1 aliphatic heterocycles. The molecule has 8 nitrogen and oxygen atoms in total. The first-order chi connectivity index (χ1) is 14.6. The lowest BCUT2D eigenvalue weighted by molar-refractivity contribution is -0.133. The third kappa shape index (κ3) is 4.76. The molecule has 158 valence electrons. The molecule has 4 rings (SSSR count). The number of rotatable bonds is 7. The molecule has 2 aromatic heterocycles. The SMILES string of the molecule is Cc1noc(C)c1CC(=O)N1CCC(OCCc2noc(-c3ccccc3)n2)CC1. The van der Waals surface area contributed by atoms with Gasteiger partial charge in [0.25, 0.3) is 5.89 Å². The van der Waals surface area contributed by atoms with E-state index in [9.17, 15) is 4.79 Å². The highest BCUT2D eigenvalue weighted by Gasteiger charge is 2.25. The van der Waals surface area contributed by atoms with E-state index in [1.54, 1.807) is 0 Å². The van der Waals surface area contributed by atoms with Crippen LogP contribution < -0.4 is 0 Å². The molecular formula is C22H26N4O4. The fourth-order valence-electron chi connectivity index (χ4n) is 3.66. The quantitative estimate of drug-likeness (QED) is 0.590. The van der Waals surface area contributed by atoms with Gasteiger partial charge in [0.15, 0.2) is 5.82 Å². The van der Waals surface area contributed by atoms with Gasteiger partial charge >= 0.3 is 0 Å². The van der Waals surface area contributed by atoms with Gasteiger partial charge < -0.3 is 18.7 Å². The summed E-state index contributed by atoms with van der Waals surface area (Å²) in [4.78, 5) is 18.9. The minimum atomic E-state index is 0.114. The third-order valence-electron chi connectivity index (χ3n) is 5.47. The number of benzene rings is 1. The second-order valence-electron chi connectivity index (χ2n) is 7.56. The van der Waals surface area contributed by atoms with Crippen LogP contribution in [0.1, 0.15) is 35.7 Å². The number of hydrogen-bond acceptors (Lipinski definition) is 7. The van der Waals surface area contributed by atoms with Crippen molar-refractivity contribution in [1.29, 1.82) is 0 Å². The van der Waals surface area contributed by atoms with E-state index in [2.05, 4.69) is 15.3 Å². The van der Waals surface area contributed by atoms with Crippen LogP contribution in [0.5, 0.6) is 0 Å². The predicted molar refractivity (Wildman–Crippen MR) is 109 cm³/mol. The maximum absolute atomic E-state index is 12.6. The molecule has 3 heterocycles. The number of carbonyl (C=O) groups is 1. The minimum absolute atomic E-state index is 0.114. The first kappa shape index (κ1) is 20.3. The van der Waals surface area contributed by atoms with Crippen LogP contribution in [-0.2, 0) is 22.4 Å². The van der Waals surface area contributed by atoms with Gasteiger partial charge in [0.05, 0.1) is 24.8 Å². The average Bonchev–Trinajstić information content (AvgIpc) is 3.37. The lowest BCUT2D eigenvalue weighted by Crippen LogP contribution is -2.41. The van der Waals surface area contributed by atoms with E-state index in [-0.39, 0.29) is 12.0 Å². The molecule has 3 aromatic rings. The molecule has 1 fully saturated rings. The maximum atomic E-state index is 12.6. The summed E-state index contributed by atoms with van der Waals surface area (Å²) in [6.07, 6.45) is 2.74. The van der Waals surface area contributed by atoms with Gasteiger partial charge in [-0.2, -0.15) is 4.98 Å². The van der Waals surface area contributed by atoms with Gasteiger partial charge in [-0.3, -0.25) is 4.79 Å². The molecule has 0 saturated carbocycles. The van der Waals surface area contributed by atoms with Crippen molar-refractivity contribution in [3.63, 3.8) is 0 Å². The zero-order valence-electron chi connectivity index (χ0n) is 17.3. The number of carbonyl (C=O) groups excluding carboxylic acids is 1. The molecule has 0 N–H and O–H groups in total. The van der Waals surface area contributed by atoms with Crippen LogP contribution >= 0.6 is 0 Å². The smallest absolute Gasteiger partial charge is 0.257 e. The zero-order chi connectivity index (χ0) is 20.9. The Labute approximate surface area is 175 Å². The molecule has 1 aromatic carbocycles. The normalized spacial score (nSPS) is 14.9. The Kier molecular flexibility index (Phi) is 6.23. The van der Waals surface area contributed by atoms with Crippen LogP contribution in [0.3, 0.4) is 0 Å². The molecule has 0 bridgehead atoms. The van der Waals surface area contributed by atoms with Crippen LogP contribution in [0.25, 0.3) is 11.5 Å². The summed E-state index contributed by atoms with van der Waals surface area (Å²) in [6.45, 7) is 5.65. The van der Waals surface area contributed by atoms with Gasteiger partial charge in [-0.15, -0.1) is 0 Å². The average molecular weight is 410 g/mol. The van der Waals surface area contributed by atoms with Gasteiger partial charge in [0, 0.05) is 30.6 Å². The van der Waals surface area contributed by atoms with Crippen molar-refractivity contribution in [2.24, 2.45) is 0 Å². The predicted octanol–water partition coefficient (Wildman–Crippen LogP) is 3.13. The van der Waals surface area contributed by atoms with Gasteiger partial charge in [-0.1, -0.05) is 28.5 Å². The molecule has 0 radical (unpaired) electrons. The largest absolute Gasteiger partial charge is 0.378 e. The summed E-state index contributed by atoms with van der Waals surface area (Å²) in [6, 6.07) is 9.70. The highest BCUT2D eigenvalue weighted by atomic mass is 16.5. The van der Waals surface area contributed by atoms with Crippen molar-refractivity contribution in [1.82, 2.24) is 20.2 Å². The van der Waals surface area contributed by atoms with Crippen molar-refractivity contribution in [3.05, 3.63) is 53.2 Å². The van der Waals surface area contributed by atoms with Crippen LogP contribution in [0.2, 0.25) is 0 Å². The van der Waals surface area contributed by atoms with Crippen LogP contribution in [0.15, 0.2) is 39.4 Å². The van der Waals surface area contributed by atoms with Gasteiger partial charge in [0.1, 0.15) is 5.76 Å². The van der Waals surface area contributed by atoms with E-state index >= 15 is 0 Å². The van der Waals surface area contributed by atoms with Crippen LogP contribution in [0.4, 0.5) is 0 Å². The van der Waals surface area contributed by atoms with Gasteiger partial charge in [0.2, 0.25) is 5.91 Å². The third-order valence-corrected chi connectivity index (χ3v) is 5.47. The summed E-state index contributed by atoms with van der Waals surface area (Å²) in [7, 11) is 0. The van der Waals surface area contributed by atoms with Crippen LogP contribution in [-0.4, -0.2) is 51.9 Å². The molecule has 0 aliphatic carbocycles. The summed E-state index contributed by atoms with van der Waals surface area (Å²) < 4.78 is 16.5. The highest BCUT2D eigenvalue weighted by molar-refractivity contribution is 5.79. The summed E-state index contributed by atoms with van der Waals surface area (Å²) >= 11 is 0. The topological polar surface area (TPSA) is 94.5 Å². The van der Waals surface area contributed by atoms with E-state index in [0.717, 1.165) is 35.4 Å². The Morgan fingerprint density at radius 2 is 1.90 bits per heavy atom. The molecule has 1 amide bonds. The molecule has 1 aliphatic rings. The molecule has 0 unspecified atom stereocenters. The summed E-state index contributed by atoms with van der Waals surface area (Å²) in [5.41, 5.74) is 2.59. The van der Waals surface area contributed by atoms with E-state index in [0.29, 0.717) is 44.3 Å². The van der Waals surface area contributed by atoms with Crippen molar-refractivity contribution in [2.45, 2.75) is 45.6 Å². The highest BCUT2D eigenvalue weighted by Crippen LogP contribution is 2.19. The Morgan fingerprint density at radius 1 is 1.13 bits per heavy atom. The number of piperidine rings is 1. The standard InChI is InChI=1S/C22H26N4O4/c1-15-19(16(2)29-24-15)14-21(27)26-11-8-18(9-12-26)28-13-10-20-23-22(30-25-20)17-6-4-3-5-7-17/h3-7,18H,8-14H2,1-2H3. The minimum Gasteiger partial charge on any atom is -0.378 e. The van der Waals surface area contributed by atoms with Crippen molar-refractivity contribution in [2.75, 3.05) is 19.7 Å². The van der Waals surface area contributed by atoms with E-state index in [1.165, 1.54) is 0 Å². The van der Waals surface area contributed by atoms with Gasteiger partial charge in [-0.25, -0.2) is 0 Å². The molecular weight excluding hydrogens is 384 g/mol. The van der Waals surface area contributed by atoms with E-state index in [4.69, 9.17) is 13.8 Å². The van der Waals surface area contributed by atoms with E-state index < -0.39 is 0 Å². The molecule has 0 atom stereocenters. The Balaban J connectivity index is 1.19.